The number of carbonyl (C=O) groups is 3. The van der Waals surface area contributed by atoms with E-state index < -0.39 is 34.7 Å². The maximum atomic E-state index is 13.9. The van der Waals surface area contributed by atoms with Crippen molar-refractivity contribution in [1.29, 1.82) is 0 Å². The van der Waals surface area contributed by atoms with E-state index >= 15 is 0 Å². The van der Waals surface area contributed by atoms with Gasteiger partial charge in [-0.25, -0.2) is 9.59 Å². The normalized spacial score (nSPS) is 19.1. The number of unbranched alkanes of at least 4 members (excludes halogenated alkanes) is 1. The van der Waals surface area contributed by atoms with Crippen LogP contribution in [0.15, 0.2) is 72.7 Å². The van der Waals surface area contributed by atoms with Crippen LogP contribution in [0.25, 0.3) is 10.9 Å². The number of piperazine rings is 1. The fourth-order valence-corrected chi connectivity index (χ4v) is 6.64. The maximum absolute atomic E-state index is 13.9. The van der Waals surface area contributed by atoms with Crippen LogP contribution in [0.3, 0.4) is 0 Å². The predicted molar refractivity (Wildman–Crippen MR) is 202 cm³/mol. The predicted octanol–water partition coefficient (Wildman–Crippen LogP) is 4.34. The number of carbonyl (C=O) groups excluding carboxylic acids is 3. The average molecular weight is 701 g/mol. The molecule has 3 amide bonds. The number of hydrogen-bond donors (Lipinski definition) is 6. The molecule has 2 aromatic carbocycles. The molecule has 3 atom stereocenters. The van der Waals surface area contributed by atoms with Crippen LogP contribution in [-0.4, -0.2) is 83.9 Å². The molecule has 1 fully saturated rings. The molecule has 0 aliphatic carbocycles. The lowest BCUT2D eigenvalue weighted by Gasteiger charge is -2.41. The molecule has 3 aromatic rings. The van der Waals surface area contributed by atoms with Crippen LogP contribution in [0.4, 0.5) is 10.5 Å². The molecule has 12 heteroatoms. The van der Waals surface area contributed by atoms with Crippen LogP contribution in [0.2, 0.25) is 0 Å². The van der Waals surface area contributed by atoms with Gasteiger partial charge in [0.15, 0.2) is 0 Å². The molecular weight excluding hydrogens is 644 g/mol. The minimum absolute atomic E-state index is 0.138. The second-order valence-corrected chi connectivity index (χ2v) is 15.4. The molecule has 51 heavy (non-hydrogen) atoms. The van der Waals surface area contributed by atoms with Gasteiger partial charge in [-0.05, 0) is 97.5 Å². The zero-order valence-corrected chi connectivity index (χ0v) is 31.0. The van der Waals surface area contributed by atoms with Crippen molar-refractivity contribution in [2.75, 3.05) is 37.6 Å². The van der Waals surface area contributed by atoms with Gasteiger partial charge in [0.25, 0.3) is 0 Å². The minimum atomic E-state index is -1.05. The molecule has 12 nitrogen and oxygen atoms in total. The first-order chi connectivity index (χ1) is 24.2. The van der Waals surface area contributed by atoms with Crippen molar-refractivity contribution in [2.24, 2.45) is 11.1 Å². The van der Waals surface area contributed by atoms with E-state index in [0.717, 1.165) is 41.7 Å². The lowest BCUT2D eigenvalue weighted by atomic mass is 9.87. The van der Waals surface area contributed by atoms with Crippen LogP contribution >= 0.6 is 0 Å². The van der Waals surface area contributed by atoms with Gasteiger partial charge in [0.2, 0.25) is 5.91 Å². The smallest absolute Gasteiger partial charge is 0.329 e. The summed E-state index contributed by atoms with van der Waals surface area (Å²) in [4.78, 5) is 48.5. The standard InChI is InChI=1S/C39H56N8O4/c1-37(2,3)51-34(48)31(18-12-13-19-40)43-35(49)38(4,5)33-26-42-39(6,45-33)32(24-27-25-41-30-17-11-10-16-29(27)30)44-36(50)47-22-20-46(21-23-47)28-14-8-7-9-15-28/h7-11,14-17,25-26,31-32,41-42,45H,12-13,18-24,40H2,1-6H3,(H,43,49)(H,44,50)/t31-,32-,39?/m1/s1. The van der Waals surface area contributed by atoms with Crippen LogP contribution in [-0.2, 0) is 20.7 Å². The van der Waals surface area contributed by atoms with Crippen molar-refractivity contribution in [3.05, 3.63) is 78.3 Å². The minimum Gasteiger partial charge on any atom is -0.458 e. The Bertz CT molecular complexity index is 1690. The number of esters is 1. The zero-order valence-electron chi connectivity index (χ0n) is 31.0. The largest absolute Gasteiger partial charge is 0.458 e. The molecule has 7 N–H and O–H groups in total. The fourth-order valence-electron chi connectivity index (χ4n) is 6.64. The van der Waals surface area contributed by atoms with E-state index in [0.29, 0.717) is 44.6 Å². The third-order valence-electron chi connectivity index (χ3n) is 9.88. The summed E-state index contributed by atoms with van der Waals surface area (Å²) in [6.07, 6.45) is 6.16. The first kappa shape index (κ1) is 37.5. The zero-order chi connectivity index (χ0) is 36.8. The lowest BCUT2D eigenvalue weighted by molar-refractivity contribution is -0.159. The number of H-pyrrole nitrogens is 1. The molecule has 0 spiro atoms. The highest BCUT2D eigenvalue weighted by molar-refractivity contribution is 5.90. The summed E-state index contributed by atoms with van der Waals surface area (Å²) in [5, 5.41) is 14.5. The Balaban J connectivity index is 1.31. The maximum Gasteiger partial charge on any atom is 0.329 e. The highest BCUT2D eigenvalue weighted by Gasteiger charge is 2.45. The summed E-state index contributed by atoms with van der Waals surface area (Å²) in [6.45, 7) is 14.2. The number of para-hydroxylation sites is 2. The van der Waals surface area contributed by atoms with Gasteiger partial charge in [0.1, 0.15) is 17.3 Å². The number of nitrogens with zero attached hydrogens (tertiary/aromatic N) is 2. The van der Waals surface area contributed by atoms with Crippen molar-refractivity contribution >= 4 is 34.5 Å². The Hall–Kier alpha value is -4.71. The first-order valence-electron chi connectivity index (χ1n) is 18.1. The van der Waals surface area contributed by atoms with Crippen LogP contribution < -0.4 is 31.9 Å². The third-order valence-corrected chi connectivity index (χ3v) is 9.88. The summed E-state index contributed by atoms with van der Waals surface area (Å²) >= 11 is 0. The van der Waals surface area contributed by atoms with Crippen LogP contribution in [0.5, 0.6) is 0 Å². The highest BCUT2D eigenvalue weighted by Crippen LogP contribution is 2.32. The van der Waals surface area contributed by atoms with E-state index in [-0.39, 0.29) is 11.9 Å². The number of nitrogens with one attached hydrogen (secondary N) is 5. The fraction of sp³-hybridized carbons (Fsp3) is 0.513. The second-order valence-electron chi connectivity index (χ2n) is 15.4. The van der Waals surface area contributed by atoms with Crippen molar-refractivity contribution in [1.82, 2.24) is 31.2 Å². The molecule has 5 rings (SSSR count). The molecule has 2 aliphatic heterocycles. The Labute approximate surface area is 301 Å². The van der Waals surface area contributed by atoms with Crippen molar-refractivity contribution < 1.29 is 19.1 Å². The Morgan fingerprint density at radius 3 is 2.31 bits per heavy atom. The average Bonchev–Trinajstić information content (AvgIpc) is 3.72. The van der Waals surface area contributed by atoms with Gasteiger partial charge in [-0.15, -0.1) is 0 Å². The Morgan fingerprint density at radius 1 is 0.941 bits per heavy atom. The van der Waals surface area contributed by atoms with Crippen LogP contribution in [0, 0.1) is 5.41 Å². The molecule has 276 valence electrons. The number of nitrogens with two attached hydrogens (primary N) is 1. The number of aromatic amines is 1. The first-order valence-corrected chi connectivity index (χ1v) is 18.1. The number of urea groups is 1. The molecule has 1 unspecified atom stereocenters. The number of fused-ring (bicyclic) bond motifs is 1. The lowest BCUT2D eigenvalue weighted by Crippen LogP contribution is -2.66. The number of hydrogen-bond acceptors (Lipinski definition) is 8. The summed E-state index contributed by atoms with van der Waals surface area (Å²) in [5.74, 6) is -0.782. The number of anilines is 1. The molecule has 2 aliphatic rings. The van der Waals surface area contributed by atoms with E-state index in [2.05, 4.69) is 49.4 Å². The van der Waals surface area contributed by atoms with Gasteiger partial charge >= 0.3 is 12.0 Å². The number of amides is 3. The van der Waals surface area contributed by atoms with Gasteiger partial charge in [0.05, 0.1) is 11.5 Å². The molecule has 1 aromatic heterocycles. The molecule has 0 radical (unpaired) electrons. The molecular formula is C39H56N8O4. The van der Waals surface area contributed by atoms with Gasteiger partial charge in [-0.1, -0.05) is 36.4 Å². The number of benzene rings is 2. The second kappa shape index (κ2) is 15.7. The van der Waals surface area contributed by atoms with Crippen LogP contribution in [0.1, 0.15) is 66.4 Å². The molecule has 0 saturated carbocycles. The van der Waals surface area contributed by atoms with Gasteiger partial charge < -0.3 is 46.5 Å². The topological polar surface area (TPSA) is 157 Å². The summed E-state index contributed by atoms with van der Waals surface area (Å²) in [6, 6.07) is 17.0. The monoisotopic (exact) mass is 700 g/mol. The SMILES string of the molecule is CC(C)(C)OC(=O)[C@@H](CCCCN)NC(=O)C(C)(C)C1=CNC(C)([C@@H](Cc2c[nH]c3ccccc23)NC(=O)N2CCN(c3ccccc3)CC2)N1. The Morgan fingerprint density at radius 2 is 1.63 bits per heavy atom. The van der Waals surface area contributed by atoms with E-state index in [9.17, 15) is 14.4 Å². The highest BCUT2D eigenvalue weighted by atomic mass is 16.6. The van der Waals surface area contributed by atoms with E-state index in [4.69, 9.17) is 10.5 Å². The molecule has 3 heterocycles. The van der Waals surface area contributed by atoms with Gasteiger partial charge in [-0.2, -0.15) is 0 Å². The van der Waals surface area contributed by atoms with Crippen molar-refractivity contribution in [2.45, 2.75) is 90.6 Å². The van der Waals surface area contributed by atoms with E-state index in [1.807, 2.05) is 95.2 Å². The van der Waals surface area contributed by atoms with Gasteiger partial charge in [-0.3, -0.25) is 4.79 Å². The summed E-state index contributed by atoms with van der Waals surface area (Å²) in [5.41, 5.74) is 7.00. The van der Waals surface area contributed by atoms with E-state index in [1.165, 1.54) is 0 Å². The molecule has 0 bridgehead atoms. The van der Waals surface area contributed by atoms with E-state index in [1.54, 1.807) is 0 Å². The molecule has 1 saturated heterocycles. The third kappa shape index (κ3) is 9.15. The summed E-state index contributed by atoms with van der Waals surface area (Å²) in [7, 11) is 0. The van der Waals surface area contributed by atoms with Gasteiger partial charge in [0, 0.05) is 60.9 Å². The summed E-state index contributed by atoms with van der Waals surface area (Å²) < 4.78 is 5.65. The number of aromatic nitrogens is 1. The number of ether oxygens (including phenoxy) is 1. The number of rotatable bonds is 13. The van der Waals surface area contributed by atoms with Crippen molar-refractivity contribution in [3.8, 4) is 0 Å². The van der Waals surface area contributed by atoms with Crippen molar-refractivity contribution in [3.63, 3.8) is 0 Å². The quantitative estimate of drug-likeness (QED) is 0.114. The Kier molecular flexibility index (Phi) is 11.5.